The second-order valence-electron chi connectivity index (χ2n) is 8.18. The van der Waals surface area contributed by atoms with Crippen molar-refractivity contribution < 1.29 is 14.3 Å². The molecule has 0 N–H and O–H groups in total. The van der Waals surface area contributed by atoms with Crippen LogP contribution in [0, 0.1) is 5.92 Å². The van der Waals surface area contributed by atoms with Gasteiger partial charge in [-0.25, -0.2) is 4.98 Å². The Balaban J connectivity index is 1.51. The van der Waals surface area contributed by atoms with Crippen molar-refractivity contribution in [3.05, 3.63) is 41.6 Å². The van der Waals surface area contributed by atoms with E-state index in [0.717, 1.165) is 42.5 Å². The van der Waals surface area contributed by atoms with Gasteiger partial charge in [0.2, 0.25) is 17.7 Å². The minimum atomic E-state index is -0.0345. The molecule has 2 aromatic rings. The van der Waals surface area contributed by atoms with Crippen LogP contribution >= 0.6 is 0 Å². The van der Waals surface area contributed by atoms with E-state index in [1.807, 2.05) is 47.1 Å². The molecule has 1 atom stereocenters. The maximum absolute atomic E-state index is 13.2. The Morgan fingerprint density at radius 3 is 2.35 bits per heavy atom. The lowest BCUT2D eigenvalue weighted by Crippen LogP contribution is -2.51. The normalized spacial score (nSPS) is 18.8. The third-order valence-corrected chi connectivity index (χ3v) is 6.23. The molecule has 0 bridgehead atoms. The molecule has 1 unspecified atom stereocenters. The van der Waals surface area contributed by atoms with Crippen LogP contribution in [0.25, 0.3) is 11.4 Å². The molecule has 1 saturated heterocycles. The summed E-state index contributed by atoms with van der Waals surface area (Å²) in [5.74, 6) is 1.56. The molecule has 1 aliphatic carbocycles. The number of benzene rings is 1. The molecule has 164 valence electrons. The average Bonchev–Trinajstić information content (AvgIpc) is 3.02. The van der Waals surface area contributed by atoms with Gasteiger partial charge in [-0.3, -0.25) is 9.59 Å². The maximum Gasteiger partial charge on any atom is 0.225 e. The van der Waals surface area contributed by atoms with Gasteiger partial charge in [-0.05, 0) is 32.6 Å². The Morgan fingerprint density at radius 1 is 1.00 bits per heavy atom. The molecule has 0 spiro atoms. The Hall–Kier alpha value is -2.96. The van der Waals surface area contributed by atoms with Crippen molar-refractivity contribution in [2.24, 2.45) is 5.92 Å². The first kappa shape index (κ1) is 21.3. The quantitative estimate of drug-likeness (QED) is 0.708. The molecule has 0 radical (unpaired) electrons. The zero-order chi connectivity index (χ0) is 21.8. The summed E-state index contributed by atoms with van der Waals surface area (Å²) < 4.78 is 5.88. The molecule has 0 saturated carbocycles. The van der Waals surface area contributed by atoms with Crippen LogP contribution in [0.4, 0.5) is 0 Å². The van der Waals surface area contributed by atoms with Gasteiger partial charge in [0.05, 0.1) is 12.3 Å². The summed E-state index contributed by atoms with van der Waals surface area (Å²) in [7, 11) is 0. The van der Waals surface area contributed by atoms with Crippen LogP contribution < -0.4 is 4.74 Å². The second kappa shape index (κ2) is 9.45. The molecule has 2 aliphatic rings. The lowest BCUT2D eigenvalue weighted by molar-refractivity contribution is -0.141. The molecule has 31 heavy (non-hydrogen) atoms. The summed E-state index contributed by atoms with van der Waals surface area (Å²) in [6, 6.07) is 9.93. The van der Waals surface area contributed by atoms with Crippen LogP contribution in [-0.4, -0.2) is 64.4 Å². The van der Waals surface area contributed by atoms with Crippen molar-refractivity contribution in [2.75, 3.05) is 32.8 Å². The number of rotatable bonds is 4. The fourth-order valence-electron chi connectivity index (χ4n) is 4.46. The Morgan fingerprint density at radius 2 is 1.68 bits per heavy atom. The highest BCUT2D eigenvalue weighted by Crippen LogP contribution is 2.32. The van der Waals surface area contributed by atoms with Gasteiger partial charge in [-0.1, -0.05) is 30.3 Å². The summed E-state index contributed by atoms with van der Waals surface area (Å²) in [6.45, 7) is 6.55. The Kier molecular flexibility index (Phi) is 6.49. The lowest BCUT2D eigenvalue weighted by Gasteiger charge is -2.36. The highest BCUT2D eigenvalue weighted by Gasteiger charge is 2.31. The zero-order valence-corrected chi connectivity index (χ0v) is 18.3. The number of amides is 2. The molecule has 1 fully saturated rings. The van der Waals surface area contributed by atoms with E-state index >= 15 is 0 Å². The number of hydrogen-bond acceptors (Lipinski definition) is 5. The third kappa shape index (κ3) is 4.70. The summed E-state index contributed by atoms with van der Waals surface area (Å²) in [6.07, 6.45) is 3.02. The third-order valence-electron chi connectivity index (χ3n) is 6.23. The smallest absolute Gasteiger partial charge is 0.225 e. The summed E-state index contributed by atoms with van der Waals surface area (Å²) in [5, 5.41) is 0. The number of ether oxygens (including phenoxy) is 1. The van der Waals surface area contributed by atoms with Gasteiger partial charge in [0.15, 0.2) is 5.82 Å². The van der Waals surface area contributed by atoms with E-state index in [0.29, 0.717) is 44.5 Å². The van der Waals surface area contributed by atoms with E-state index in [2.05, 4.69) is 0 Å². The monoisotopic (exact) mass is 422 g/mol. The molecule has 7 heteroatoms. The molecule has 1 aliphatic heterocycles. The largest absolute Gasteiger partial charge is 0.478 e. The summed E-state index contributed by atoms with van der Waals surface area (Å²) in [5.41, 5.74) is 3.00. The summed E-state index contributed by atoms with van der Waals surface area (Å²) in [4.78, 5) is 38.0. The molecule has 7 nitrogen and oxygen atoms in total. The SMILES string of the molecule is CCOc1nc(-c2ccccc2)nc2c1CCC(C(=O)N1CCN(C(C)=O)CC1)CC2. The number of hydrogen-bond donors (Lipinski definition) is 0. The highest BCUT2D eigenvalue weighted by molar-refractivity contribution is 5.80. The number of aromatic nitrogens is 2. The van der Waals surface area contributed by atoms with E-state index in [4.69, 9.17) is 14.7 Å². The number of piperazine rings is 1. The number of fused-ring (bicyclic) bond motifs is 1. The number of nitrogens with zero attached hydrogens (tertiary/aromatic N) is 4. The van der Waals surface area contributed by atoms with E-state index in [-0.39, 0.29) is 17.7 Å². The van der Waals surface area contributed by atoms with Gasteiger partial charge in [-0.15, -0.1) is 0 Å². The van der Waals surface area contributed by atoms with Gasteiger partial charge in [0, 0.05) is 50.1 Å². The van der Waals surface area contributed by atoms with Crippen LogP contribution in [0.3, 0.4) is 0 Å². The maximum atomic E-state index is 13.2. The predicted molar refractivity (Wildman–Crippen MR) is 118 cm³/mol. The van der Waals surface area contributed by atoms with E-state index in [1.165, 1.54) is 0 Å². The first-order chi connectivity index (χ1) is 15.1. The Labute approximate surface area is 183 Å². The first-order valence-electron chi connectivity index (χ1n) is 11.2. The van der Waals surface area contributed by atoms with Gasteiger partial charge in [-0.2, -0.15) is 4.98 Å². The van der Waals surface area contributed by atoms with Crippen LogP contribution in [0.1, 0.15) is 37.9 Å². The molecule has 1 aromatic heterocycles. The van der Waals surface area contributed by atoms with Gasteiger partial charge in [0.1, 0.15) is 0 Å². The minimum Gasteiger partial charge on any atom is -0.478 e. The average molecular weight is 423 g/mol. The zero-order valence-electron chi connectivity index (χ0n) is 18.3. The van der Waals surface area contributed by atoms with E-state index in [9.17, 15) is 9.59 Å². The van der Waals surface area contributed by atoms with Crippen molar-refractivity contribution in [2.45, 2.75) is 39.5 Å². The van der Waals surface area contributed by atoms with Crippen LogP contribution in [0.5, 0.6) is 5.88 Å². The topological polar surface area (TPSA) is 75.6 Å². The first-order valence-corrected chi connectivity index (χ1v) is 11.2. The van der Waals surface area contributed by atoms with Gasteiger partial charge < -0.3 is 14.5 Å². The lowest BCUT2D eigenvalue weighted by atomic mass is 9.97. The van der Waals surface area contributed by atoms with Crippen LogP contribution in [-0.2, 0) is 22.4 Å². The summed E-state index contributed by atoms with van der Waals surface area (Å²) >= 11 is 0. The van der Waals surface area contributed by atoms with Crippen molar-refractivity contribution in [1.82, 2.24) is 19.8 Å². The van der Waals surface area contributed by atoms with Crippen molar-refractivity contribution >= 4 is 11.8 Å². The van der Waals surface area contributed by atoms with Crippen molar-refractivity contribution in [3.8, 4) is 17.3 Å². The molecule has 1 aromatic carbocycles. The van der Waals surface area contributed by atoms with Crippen molar-refractivity contribution in [3.63, 3.8) is 0 Å². The molecule has 2 amide bonds. The van der Waals surface area contributed by atoms with E-state index in [1.54, 1.807) is 6.92 Å². The fraction of sp³-hybridized carbons (Fsp3) is 0.500. The highest BCUT2D eigenvalue weighted by atomic mass is 16.5. The van der Waals surface area contributed by atoms with Crippen LogP contribution in [0.2, 0.25) is 0 Å². The fourth-order valence-corrected chi connectivity index (χ4v) is 4.46. The number of aryl methyl sites for hydroxylation is 1. The molecule has 2 heterocycles. The Bertz CT molecular complexity index is 939. The van der Waals surface area contributed by atoms with E-state index < -0.39 is 0 Å². The molecular weight excluding hydrogens is 392 g/mol. The van der Waals surface area contributed by atoms with Gasteiger partial charge in [0.25, 0.3) is 0 Å². The molecular formula is C24H30N4O3. The number of carbonyl (C=O) groups is 2. The van der Waals surface area contributed by atoms with Crippen molar-refractivity contribution in [1.29, 1.82) is 0 Å². The van der Waals surface area contributed by atoms with Gasteiger partial charge >= 0.3 is 0 Å². The minimum absolute atomic E-state index is 0.0345. The standard InChI is InChI=1S/C24H30N4O3/c1-3-31-23-20-11-9-19(24(30)28-15-13-27(14-16-28)17(2)29)10-12-21(20)25-22(26-23)18-7-5-4-6-8-18/h4-8,19H,3,9-16H2,1-2H3. The van der Waals surface area contributed by atoms with Crippen LogP contribution in [0.15, 0.2) is 30.3 Å². The molecule has 4 rings (SSSR count). The number of carbonyl (C=O) groups excluding carboxylic acids is 2. The predicted octanol–water partition coefficient (Wildman–Crippen LogP) is 2.73. The second-order valence-corrected chi connectivity index (χ2v) is 8.18.